The van der Waals surface area contributed by atoms with Crippen LogP contribution in [0.2, 0.25) is 5.28 Å². The van der Waals surface area contributed by atoms with Gasteiger partial charge in [-0.25, -0.2) is 18.7 Å². The Bertz CT molecular complexity index is 543. The van der Waals surface area contributed by atoms with Crippen molar-refractivity contribution in [3.8, 4) is 0 Å². The number of benzene rings is 1. The molecule has 0 aliphatic rings. The third-order valence-corrected chi connectivity index (χ3v) is 3.05. The minimum Gasteiger partial charge on any atom is -0.223 e. The number of nitrogens with zero attached hydrogens (tertiary/aromatic N) is 2. The van der Waals surface area contributed by atoms with Crippen LogP contribution in [0.1, 0.15) is 5.69 Å². The fraction of sp³-hybridized carbons (Fsp3) is 0.0909. The van der Waals surface area contributed by atoms with E-state index in [-0.39, 0.29) is 5.28 Å². The van der Waals surface area contributed by atoms with Crippen molar-refractivity contribution < 1.29 is 8.78 Å². The zero-order valence-electron chi connectivity index (χ0n) is 8.75. The number of hydrogen-bond acceptors (Lipinski definition) is 3. The molecule has 0 aliphatic heterocycles. The first-order chi connectivity index (χ1) is 8.04. The first-order valence-electron chi connectivity index (χ1n) is 4.69. The number of halogens is 3. The number of rotatable bonds is 2. The van der Waals surface area contributed by atoms with Crippen LogP contribution >= 0.6 is 23.4 Å². The van der Waals surface area contributed by atoms with Gasteiger partial charge in [0.1, 0.15) is 16.7 Å². The summed E-state index contributed by atoms with van der Waals surface area (Å²) in [6.45, 7) is 1.76. The van der Waals surface area contributed by atoms with Crippen molar-refractivity contribution in [2.45, 2.75) is 16.8 Å². The van der Waals surface area contributed by atoms with Gasteiger partial charge >= 0.3 is 0 Å². The quantitative estimate of drug-likeness (QED) is 0.613. The van der Waals surface area contributed by atoms with Gasteiger partial charge in [-0.3, -0.25) is 0 Å². The van der Waals surface area contributed by atoms with Gasteiger partial charge in [-0.15, -0.1) is 0 Å². The molecule has 0 spiro atoms. The summed E-state index contributed by atoms with van der Waals surface area (Å²) in [5, 5.41) is 0.628. The topological polar surface area (TPSA) is 25.8 Å². The maximum absolute atomic E-state index is 13.4. The molecule has 0 aliphatic carbocycles. The normalized spacial score (nSPS) is 10.6. The predicted molar refractivity (Wildman–Crippen MR) is 62.3 cm³/mol. The second-order valence-electron chi connectivity index (χ2n) is 3.29. The first kappa shape index (κ1) is 12.3. The van der Waals surface area contributed by atoms with E-state index in [2.05, 4.69) is 9.97 Å². The smallest absolute Gasteiger partial charge is 0.223 e. The maximum atomic E-state index is 13.4. The molecule has 1 aromatic carbocycles. The Balaban J connectivity index is 2.31. The van der Waals surface area contributed by atoms with Gasteiger partial charge < -0.3 is 0 Å². The Morgan fingerprint density at radius 1 is 1.18 bits per heavy atom. The third-order valence-electron chi connectivity index (χ3n) is 1.91. The summed E-state index contributed by atoms with van der Waals surface area (Å²) in [5.74, 6) is -1.23. The molecule has 6 heteroatoms. The molecule has 2 rings (SSSR count). The average Bonchev–Trinajstić information content (AvgIpc) is 2.21. The average molecular weight is 273 g/mol. The summed E-state index contributed by atoms with van der Waals surface area (Å²) in [6, 6.07) is 5.07. The molecule has 88 valence electrons. The standard InChI is InChI=1S/C11H7ClF2N2S/c1-6-4-10(16-11(12)15-6)17-9-3-2-7(13)5-8(9)14/h2-5H,1H3. The molecule has 1 aromatic heterocycles. The highest BCUT2D eigenvalue weighted by molar-refractivity contribution is 7.99. The third kappa shape index (κ3) is 3.14. The second kappa shape index (κ2) is 4.98. The number of hydrogen-bond donors (Lipinski definition) is 0. The fourth-order valence-electron chi connectivity index (χ4n) is 1.23. The lowest BCUT2D eigenvalue weighted by Gasteiger charge is -2.03. The summed E-state index contributed by atoms with van der Waals surface area (Å²) in [4.78, 5) is 8.14. The number of aryl methyl sites for hydroxylation is 1. The van der Waals surface area contributed by atoms with E-state index < -0.39 is 11.6 Å². The van der Waals surface area contributed by atoms with E-state index in [1.165, 1.54) is 12.1 Å². The molecule has 2 nitrogen and oxygen atoms in total. The molecule has 0 radical (unpaired) electrons. The fourth-order valence-corrected chi connectivity index (χ4v) is 2.38. The molecular formula is C11H7ClF2N2S. The van der Waals surface area contributed by atoms with Gasteiger partial charge in [0.15, 0.2) is 0 Å². The Labute approximate surface area is 106 Å². The van der Waals surface area contributed by atoms with Crippen molar-refractivity contribution >= 4 is 23.4 Å². The molecule has 0 amide bonds. The van der Waals surface area contributed by atoms with Gasteiger partial charge in [0.2, 0.25) is 5.28 Å². The summed E-state index contributed by atoms with van der Waals surface area (Å²) >= 11 is 6.77. The van der Waals surface area contributed by atoms with Crippen molar-refractivity contribution in [3.63, 3.8) is 0 Å². The Morgan fingerprint density at radius 3 is 2.59 bits per heavy atom. The summed E-state index contributed by atoms with van der Waals surface area (Å²) in [7, 11) is 0. The van der Waals surface area contributed by atoms with Crippen molar-refractivity contribution in [3.05, 3.63) is 46.9 Å². The van der Waals surface area contributed by atoms with Crippen molar-refractivity contribution in [1.29, 1.82) is 0 Å². The van der Waals surface area contributed by atoms with Crippen LogP contribution in [0.15, 0.2) is 34.2 Å². The molecule has 0 bridgehead atoms. The largest absolute Gasteiger partial charge is 0.223 e. The molecule has 0 saturated heterocycles. The SMILES string of the molecule is Cc1cc(Sc2ccc(F)cc2F)nc(Cl)n1. The summed E-state index contributed by atoms with van der Waals surface area (Å²) < 4.78 is 26.1. The van der Waals surface area contributed by atoms with E-state index in [0.29, 0.717) is 15.6 Å². The van der Waals surface area contributed by atoms with Crippen LogP contribution in [0.5, 0.6) is 0 Å². The number of aromatic nitrogens is 2. The zero-order valence-corrected chi connectivity index (χ0v) is 10.3. The molecular weight excluding hydrogens is 266 g/mol. The minimum absolute atomic E-state index is 0.106. The highest BCUT2D eigenvalue weighted by Gasteiger charge is 2.08. The van der Waals surface area contributed by atoms with Crippen LogP contribution in [0, 0.1) is 18.6 Å². The van der Waals surface area contributed by atoms with Gasteiger partial charge in [-0.1, -0.05) is 11.8 Å². The summed E-state index contributed by atoms with van der Waals surface area (Å²) in [6.07, 6.45) is 0. The van der Waals surface area contributed by atoms with Gasteiger partial charge in [-0.05, 0) is 36.7 Å². The Kier molecular flexibility index (Phi) is 3.59. The van der Waals surface area contributed by atoms with Crippen LogP contribution in [0.4, 0.5) is 8.78 Å². The molecule has 0 unspecified atom stereocenters. The lowest BCUT2D eigenvalue weighted by atomic mass is 10.3. The highest BCUT2D eigenvalue weighted by atomic mass is 35.5. The van der Waals surface area contributed by atoms with Crippen molar-refractivity contribution in [2.24, 2.45) is 0 Å². The van der Waals surface area contributed by atoms with E-state index in [9.17, 15) is 8.78 Å². The van der Waals surface area contributed by atoms with Crippen molar-refractivity contribution in [2.75, 3.05) is 0 Å². The minimum atomic E-state index is -0.623. The zero-order chi connectivity index (χ0) is 12.4. The van der Waals surface area contributed by atoms with Crippen LogP contribution in [-0.4, -0.2) is 9.97 Å². The highest BCUT2D eigenvalue weighted by Crippen LogP contribution is 2.29. The van der Waals surface area contributed by atoms with E-state index >= 15 is 0 Å². The molecule has 17 heavy (non-hydrogen) atoms. The van der Waals surface area contributed by atoms with E-state index in [0.717, 1.165) is 17.8 Å². The van der Waals surface area contributed by atoms with Gasteiger partial charge in [-0.2, -0.15) is 0 Å². The molecule has 0 atom stereocenters. The monoisotopic (exact) mass is 272 g/mol. The van der Waals surface area contributed by atoms with Gasteiger partial charge in [0, 0.05) is 16.7 Å². The predicted octanol–water partition coefficient (Wildman–Crippen LogP) is 3.87. The lowest BCUT2D eigenvalue weighted by molar-refractivity contribution is 0.565. The first-order valence-corrected chi connectivity index (χ1v) is 5.88. The Hall–Kier alpha value is -1.20. The Morgan fingerprint density at radius 2 is 1.94 bits per heavy atom. The molecule has 2 aromatic rings. The molecule has 1 heterocycles. The van der Waals surface area contributed by atoms with Crippen LogP contribution < -0.4 is 0 Å². The molecule has 0 fully saturated rings. The van der Waals surface area contributed by atoms with Crippen molar-refractivity contribution in [1.82, 2.24) is 9.97 Å². The molecule has 0 N–H and O–H groups in total. The van der Waals surface area contributed by atoms with E-state index in [4.69, 9.17) is 11.6 Å². The summed E-state index contributed by atoms with van der Waals surface area (Å²) in [5.41, 5.74) is 0.690. The lowest BCUT2D eigenvalue weighted by Crippen LogP contribution is -1.90. The van der Waals surface area contributed by atoms with E-state index in [1.807, 2.05) is 0 Å². The van der Waals surface area contributed by atoms with E-state index in [1.54, 1.807) is 13.0 Å². The van der Waals surface area contributed by atoms with Crippen LogP contribution in [0.3, 0.4) is 0 Å². The molecule has 0 saturated carbocycles. The maximum Gasteiger partial charge on any atom is 0.223 e. The second-order valence-corrected chi connectivity index (χ2v) is 4.69. The van der Waals surface area contributed by atoms with Gasteiger partial charge in [0.05, 0.1) is 0 Å². The van der Waals surface area contributed by atoms with Gasteiger partial charge in [0.25, 0.3) is 0 Å². The van der Waals surface area contributed by atoms with Crippen LogP contribution in [0.25, 0.3) is 0 Å². The van der Waals surface area contributed by atoms with Crippen LogP contribution in [-0.2, 0) is 0 Å².